The second-order valence-corrected chi connectivity index (χ2v) is 5.99. The molecule has 0 saturated heterocycles. The number of rotatable bonds is 3. The highest BCUT2D eigenvalue weighted by Crippen LogP contribution is 2.38. The summed E-state index contributed by atoms with van der Waals surface area (Å²) in [6, 6.07) is 18.3. The summed E-state index contributed by atoms with van der Waals surface area (Å²) >= 11 is 0. The molecule has 0 N–H and O–H groups in total. The Balaban J connectivity index is 1.94. The third kappa shape index (κ3) is 2.36. The molecule has 0 bridgehead atoms. The molecule has 3 aromatic carbocycles. The Hall–Kier alpha value is -2.74. The van der Waals surface area contributed by atoms with Crippen molar-refractivity contribution in [3.05, 3.63) is 76.9 Å². The number of ketones is 1. The second-order valence-electron chi connectivity index (χ2n) is 5.99. The van der Waals surface area contributed by atoms with Crippen molar-refractivity contribution in [2.24, 2.45) is 4.99 Å². The van der Waals surface area contributed by atoms with Crippen LogP contribution in [0.2, 0.25) is 0 Å². The van der Waals surface area contributed by atoms with Gasteiger partial charge in [0.05, 0.1) is 5.69 Å². The molecule has 1 aliphatic rings. The fraction of sp³-hybridized carbons (Fsp3) is 0.143. The van der Waals surface area contributed by atoms with Gasteiger partial charge < -0.3 is 0 Å². The van der Waals surface area contributed by atoms with Gasteiger partial charge in [-0.05, 0) is 47.9 Å². The summed E-state index contributed by atoms with van der Waals surface area (Å²) in [6.45, 7) is 1.63. The first-order valence-corrected chi connectivity index (χ1v) is 7.91. The van der Waals surface area contributed by atoms with Crippen LogP contribution in [0.15, 0.2) is 59.6 Å². The number of hydrogen-bond donors (Lipinski definition) is 0. The molecule has 0 aromatic heterocycles. The van der Waals surface area contributed by atoms with Crippen LogP contribution in [0.4, 0.5) is 5.69 Å². The maximum Gasteiger partial charge on any atom is 0.160 e. The van der Waals surface area contributed by atoms with Gasteiger partial charge in [0.25, 0.3) is 0 Å². The molecule has 3 aromatic rings. The highest BCUT2D eigenvalue weighted by molar-refractivity contribution is 6.13. The molecule has 4 rings (SSSR count). The molecule has 0 atom stereocenters. The van der Waals surface area contributed by atoms with Crippen molar-refractivity contribution < 1.29 is 4.79 Å². The first kappa shape index (κ1) is 13.9. The number of carbonyl (C=O) groups is 1. The van der Waals surface area contributed by atoms with Crippen molar-refractivity contribution in [1.29, 1.82) is 0 Å². The van der Waals surface area contributed by atoms with E-state index in [2.05, 4.69) is 17.1 Å². The van der Waals surface area contributed by atoms with Gasteiger partial charge in [-0.25, -0.2) is 0 Å². The van der Waals surface area contributed by atoms with Crippen LogP contribution in [0.3, 0.4) is 0 Å². The summed E-state index contributed by atoms with van der Waals surface area (Å²) < 4.78 is 0. The molecule has 112 valence electrons. The van der Waals surface area contributed by atoms with Gasteiger partial charge in [0.15, 0.2) is 5.78 Å². The van der Waals surface area contributed by atoms with Crippen LogP contribution in [-0.2, 0) is 12.8 Å². The second kappa shape index (κ2) is 5.47. The summed E-state index contributed by atoms with van der Waals surface area (Å²) in [5.74, 6) is 0.0942. The minimum Gasteiger partial charge on any atom is -0.294 e. The number of hydrogen-bond acceptors (Lipinski definition) is 2. The number of nitrogens with zero attached hydrogens (tertiary/aromatic N) is 1. The number of aliphatic imine (C=N–C) groups is 1. The van der Waals surface area contributed by atoms with E-state index in [1.54, 1.807) is 6.92 Å². The maximum atomic E-state index is 12.1. The van der Waals surface area contributed by atoms with Gasteiger partial charge >= 0.3 is 0 Å². The lowest BCUT2D eigenvalue weighted by molar-refractivity contribution is 0.101. The molecule has 0 unspecified atom stereocenters. The summed E-state index contributed by atoms with van der Waals surface area (Å²) in [5.41, 5.74) is 5.36. The molecule has 0 saturated carbocycles. The number of Topliss-reactive ketones (excluding diaryl/α,β-unsaturated/α-hetero) is 1. The lowest BCUT2D eigenvalue weighted by Gasteiger charge is -2.09. The van der Waals surface area contributed by atoms with Crippen LogP contribution in [0.1, 0.15) is 34.0 Å². The number of carbonyl (C=O) groups excluding carboxylic acids is 1. The maximum absolute atomic E-state index is 12.1. The lowest BCUT2D eigenvalue weighted by atomic mass is 9.96. The van der Waals surface area contributed by atoms with Crippen molar-refractivity contribution in [2.75, 3.05) is 0 Å². The standard InChI is InChI=1S/C21H17NO/c1-14(23)18-11-9-16-7-8-17-10-12-19(21(18)20(16)17)22-13-15-5-3-2-4-6-15/h2-6,9-13H,7-8H2,1H3. The normalized spacial score (nSPS) is 13.1. The monoisotopic (exact) mass is 299 g/mol. The van der Waals surface area contributed by atoms with Crippen molar-refractivity contribution in [2.45, 2.75) is 19.8 Å². The molecule has 0 heterocycles. The van der Waals surface area contributed by atoms with Crippen LogP contribution in [-0.4, -0.2) is 12.0 Å². The Bertz CT molecular complexity index is 929. The SMILES string of the molecule is CC(=O)c1ccc2c3c(ccc(N=Cc4ccccc4)c13)CC2. The highest BCUT2D eigenvalue weighted by Gasteiger charge is 2.19. The van der Waals surface area contributed by atoms with E-state index in [0.29, 0.717) is 0 Å². The molecule has 2 heteroatoms. The molecule has 2 nitrogen and oxygen atoms in total. The molecule has 0 amide bonds. The third-order valence-corrected chi connectivity index (χ3v) is 4.51. The minimum atomic E-state index is 0.0942. The lowest BCUT2D eigenvalue weighted by Crippen LogP contribution is -1.95. The highest BCUT2D eigenvalue weighted by atomic mass is 16.1. The fourth-order valence-corrected chi connectivity index (χ4v) is 3.40. The zero-order valence-electron chi connectivity index (χ0n) is 13.0. The van der Waals surface area contributed by atoms with E-state index >= 15 is 0 Å². The van der Waals surface area contributed by atoms with E-state index in [1.165, 1.54) is 16.5 Å². The Morgan fingerprint density at radius 1 is 0.913 bits per heavy atom. The van der Waals surface area contributed by atoms with Crippen molar-refractivity contribution in [1.82, 2.24) is 0 Å². The van der Waals surface area contributed by atoms with Gasteiger partial charge in [-0.1, -0.05) is 48.5 Å². The van der Waals surface area contributed by atoms with Gasteiger partial charge in [0.2, 0.25) is 0 Å². The molecule has 0 aliphatic heterocycles. The predicted molar refractivity (Wildman–Crippen MR) is 95.1 cm³/mol. The Morgan fingerprint density at radius 2 is 1.61 bits per heavy atom. The van der Waals surface area contributed by atoms with Crippen LogP contribution in [0, 0.1) is 0 Å². The summed E-state index contributed by atoms with van der Waals surface area (Å²) in [4.78, 5) is 16.8. The zero-order valence-corrected chi connectivity index (χ0v) is 13.0. The Kier molecular flexibility index (Phi) is 3.30. The topological polar surface area (TPSA) is 29.4 Å². The van der Waals surface area contributed by atoms with Crippen molar-refractivity contribution >= 4 is 28.5 Å². The average molecular weight is 299 g/mol. The molecule has 0 spiro atoms. The van der Waals surface area contributed by atoms with Gasteiger partial charge in [-0.15, -0.1) is 0 Å². The van der Waals surface area contributed by atoms with Crippen LogP contribution >= 0.6 is 0 Å². The molecular formula is C21H17NO. The van der Waals surface area contributed by atoms with Crippen molar-refractivity contribution in [3.8, 4) is 0 Å². The van der Waals surface area contributed by atoms with Gasteiger partial charge in [0, 0.05) is 17.2 Å². The Morgan fingerprint density at radius 3 is 2.30 bits per heavy atom. The van der Waals surface area contributed by atoms with Crippen LogP contribution in [0.5, 0.6) is 0 Å². The van der Waals surface area contributed by atoms with E-state index in [1.807, 2.05) is 48.7 Å². The van der Waals surface area contributed by atoms with Crippen LogP contribution < -0.4 is 0 Å². The molecule has 23 heavy (non-hydrogen) atoms. The van der Waals surface area contributed by atoms with E-state index in [0.717, 1.165) is 35.0 Å². The van der Waals surface area contributed by atoms with Crippen LogP contribution in [0.25, 0.3) is 10.8 Å². The number of aryl methyl sites for hydroxylation is 2. The smallest absolute Gasteiger partial charge is 0.160 e. The first-order valence-electron chi connectivity index (χ1n) is 7.91. The van der Waals surface area contributed by atoms with E-state index in [4.69, 9.17) is 0 Å². The summed E-state index contributed by atoms with van der Waals surface area (Å²) in [5, 5.41) is 2.25. The molecule has 1 aliphatic carbocycles. The Labute approximate surface area is 135 Å². The average Bonchev–Trinajstić information content (AvgIpc) is 3.00. The predicted octanol–water partition coefficient (Wildman–Crippen LogP) is 4.89. The van der Waals surface area contributed by atoms with Gasteiger partial charge in [-0.2, -0.15) is 0 Å². The quantitative estimate of drug-likeness (QED) is 0.500. The van der Waals surface area contributed by atoms with Gasteiger partial charge in [0.1, 0.15) is 0 Å². The third-order valence-electron chi connectivity index (χ3n) is 4.51. The number of benzene rings is 3. The van der Waals surface area contributed by atoms with E-state index < -0.39 is 0 Å². The molecular weight excluding hydrogens is 282 g/mol. The van der Waals surface area contributed by atoms with Crippen molar-refractivity contribution in [3.63, 3.8) is 0 Å². The van der Waals surface area contributed by atoms with E-state index in [9.17, 15) is 4.79 Å². The zero-order chi connectivity index (χ0) is 15.8. The molecule has 0 fully saturated rings. The van der Waals surface area contributed by atoms with E-state index in [-0.39, 0.29) is 5.78 Å². The first-order chi connectivity index (χ1) is 11.2. The summed E-state index contributed by atoms with van der Waals surface area (Å²) in [7, 11) is 0. The summed E-state index contributed by atoms with van der Waals surface area (Å²) in [6.07, 6.45) is 3.97. The molecule has 0 radical (unpaired) electrons. The fourth-order valence-electron chi connectivity index (χ4n) is 3.40. The minimum absolute atomic E-state index is 0.0942. The largest absolute Gasteiger partial charge is 0.294 e. The van der Waals surface area contributed by atoms with Gasteiger partial charge in [-0.3, -0.25) is 9.79 Å².